The van der Waals surface area contributed by atoms with Crippen LogP contribution in [0.2, 0.25) is 0 Å². The average molecular weight is 502 g/mol. The molecule has 0 fully saturated rings. The van der Waals surface area contributed by atoms with E-state index in [0.717, 1.165) is 58.5 Å². The fraction of sp³-hybridized carbons (Fsp3) is 0.962. The van der Waals surface area contributed by atoms with Crippen molar-refractivity contribution in [1.29, 1.82) is 0 Å². The fourth-order valence-electron chi connectivity index (χ4n) is 4.79. The van der Waals surface area contributed by atoms with E-state index in [4.69, 9.17) is 16.2 Å². The van der Waals surface area contributed by atoms with Crippen LogP contribution in [0.4, 0.5) is 0 Å². The molecule has 210 valence electrons. The Bertz CT molecular complexity index is 554. The normalized spacial score (nSPS) is 14.7. The molecule has 0 heterocycles. The van der Waals surface area contributed by atoms with Crippen molar-refractivity contribution < 1.29 is 9.53 Å². The minimum Gasteiger partial charge on any atom is -0.373 e. The predicted octanol–water partition coefficient (Wildman–Crippen LogP) is 1.07. The lowest BCUT2D eigenvalue weighted by Crippen LogP contribution is -2.54. The van der Waals surface area contributed by atoms with E-state index < -0.39 is 0 Å². The van der Waals surface area contributed by atoms with Gasteiger partial charge in [-0.25, -0.2) is 0 Å². The third kappa shape index (κ3) is 21.0. The van der Waals surface area contributed by atoms with E-state index >= 15 is 0 Å². The maximum Gasteiger partial charge on any atom is 0.220 e. The zero-order chi connectivity index (χ0) is 27.0. The summed E-state index contributed by atoms with van der Waals surface area (Å²) >= 11 is 0. The van der Waals surface area contributed by atoms with Crippen molar-refractivity contribution in [2.45, 2.75) is 110 Å². The summed E-state index contributed by atoms with van der Waals surface area (Å²) in [4.78, 5) is 12.3. The molecule has 9 nitrogen and oxygen atoms in total. The summed E-state index contributed by atoms with van der Waals surface area (Å²) in [5, 5.41) is 16.7. The van der Waals surface area contributed by atoms with Gasteiger partial charge in [0, 0.05) is 75.9 Å². The van der Waals surface area contributed by atoms with Crippen LogP contribution in [0.1, 0.15) is 81.1 Å². The molecule has 0 aromatic rings. The van der Waals surface area contributed by atoms with Gasteiger partial charge in [-0.1, -0.05) is 0 Å². The molecule has 0 aliphatic rings. The van der Waals surface area contributed by atoms with Crippen molar-refractivity contribution in [2.75, 3.05) is 52.4 Å². The van der Waals surface area contributed by atoms with E-state index in [2.05, 4.69) is 75.1 Å². The van der Waals surface area contributed by atoms with Gasteiger partial charge in [0.25, 0.3) is 0 Å². The molecule has 2 unspecified atom stereocenters. The number of amides is 1. The Morgan fingerprint density at radius 1 is 0.800 bits per heavy atom. The molecule has 0 aromatic heterocycles. The predicted molar refractivity (Wildman–Crippen MR) is 149 cm³/mol. The molecule has 2 atom stereocenters. The molecule has 0 rings (SSSR count). The number of rotatable bonds is 22. The van der Waals surface area contributed by atoms with Crippen LogP contribution >= 0.6 is 0 Å². The topological polar surface area (TPSA) is 138 Å². The fourth-order valence-corrected chi connectivity index (χ4v) is 4.79. The molecule has 0 saturated carbocycles. The SMILES string of the molecule is CC(N)CC(C)(C)OC(C)CC(C)(C)NC(C)(C)CCC(=O)NCCNCCNCCNCCN. The first-order chi connectivity index (χ1) is 16.2. The van der Waals surface area contributed by atoms with E-state index in [0.29, 0.717) is 19.5 Å². The molecule has 35 heavy (non-hydrogen) atoms. The zero-order valence-corrected chi connectivity index (χ0v) is 24.1. The van der Waals surface area contributed by atoms with Crippen LogP contribution in [-0.4, -0.2) is 87.1 Å². The quantitative estimate of drug-likeness (QED) is 0.109. The van der Waals surface area contributed by atoms with Gasteiger partial charge in [0.05, 0.1) is 11.7 Å². The number of nitrogens with one attached hydrogen (secondary N) is 5. The third-order valence-electron chi connectivity index (χ3n) is 5.69. The summed E-state index contributed by atoms with van der Waals surface area (Å²) < 4.78 is 6.30. The van der Waals surface area contributed by atoms with Gasteiger partial charge in [0.1, 0.15) is 0 Å². The van der Waals surface area contributed by atoms with E-state index in [-0.39, 0.29) is 34.7 Å². The average Bonchev–Trinajstić information content (AvgIpc) is 2.67. The van der Waals surface area contributed by atoms with Gasteiger partial charge in [0.2, 0.25) is 5.91 Å². The van der Waals surface area contributed by atoms with Gasteiger partial charge in [0.15, 0.2) is 0 Å². The standard InChI is InChI=1S/C26H59N7O2/c1-21(28)19-26(7,8)35-22(2)20-25(5,6)33-24(3,4)10-9-23(34)32-18-17-31-16-15-30-14-13-29-12-11-27/h21-22,29-31,33H,9-20,27-28H2,1-8H3,(H,32,34). The first-order valence-electron chi connectivity index (χ1n) is 13.5. The van der Waals surface area contributed by atoms with Gasteiger partial charge < -0.3 is 42.8 Å². The highest BCUT2D eigenvalue weighted by Crippen LogP contribution is 2.25. The Hall–Kier alpha value is -0.810. The van der Waals surface area contributed by atoms with Crippen LogP contribution in [-0.2, 0) is 9.53 Å². The van der Waals surface area contributed by atoms with Crippen LogP contribution in [0, 0.1) is 0 Å². The summed E-state index contributed by atoms with van der Waals surface area (Å²) in [6.07, 6.45) is 3.06. The van der Waals surface area contributed by atoms with Gasteiger partial charge in [-0.15, -0.1) is 0 Å². The minimum absolute atomic E-state index is 0.0953. The number of ether oxygens (including phenoxy) is 1. The Morgan fingerprint density at radius 3 is 1.83 bits per heavy atom. The minimum atomic E-state index is -0.245. The van der Waals surface area contributed by atoms with E-state index in [1.54, 1.807) is 0 Å². The summed E-state index contributed by atoms with van der Waals surface area (Å²) in [5.41, 5.74) is 10.9. The molecule has 0 aromatic carbocycles. The summed E-state index contributed by atoms with van der Waals surface area (Å²) in [6.45, 7) is 23.6. The number of carbonyl (C=O) groups is 1. The molecule has 0 aliphatic carbocycles. The first kappa shape index (κ1) is 34.2. The van der Waals surface area contributed by atoms with Crippen molar-refractivity contribution in [3.63, 3.8) is 0 Å². The van der Waals surface area contributed by atoms with E-state index in [1.165, 1.54) is 0 Å². The highest BCUT2D eigenvalue weighted by molar-refractivity contribution is 5.75. The Labute approximate surface area is 216 Å². The first-order valence-corrected chi connectivity index (χ1v) is 13.5. The lowest BCUT2D eigenvalue weighted by Gasteiger charge is -2.40. The van der Waals surface area contributed by atoms with Crippen LogP contribution in [0.15, 0.2) is 0 Å². The van der Waals surface area contributed by atoms with Gasteiger partial charge in [-0.05, 0) is 74.7 Å². The second-order valence-corrected chi connectivity index (χ2v) is 11.9. The second-order valence-electron chi connectivity index (χ2n) is 11.9. The highest BCUT2D eigenvalue weighted by Gasteiger charge is 2.31. The molecule has 0 spiro atoms. The number of nitrogens with two attached hydrogens (primary N) is 2. The number of carbonyl (C=O) groups excluding carboxylic acids is 1. The summed E-state index contributed by atoms with van der Waals surface area (Å²) in [6, 6.07) is 0.112. The molecule has 1 amide bonds. The molecular formula is C26H59N7O2. The van der Waals surface area contributed by atoms with Crippen LogP contribution in [0.5, 0.6) is 0 Å². The van der Waals surface area contributed by atoms with Gasteiger partial charge in [-0.3, -0.25) is 4.79 Å². The molecule has 0 aliphatic heterocycles. The van der Waals surface area contributed by atoms with Crippen molar-refractivity contribution in [3.8, 4) is 0 Å². The molecule has 9 N–H and O–H groups in total. The highest BCUT2D eigenvalue weighted by atomic mass is 16.5. The lowest BCUT2D eigenvalue weighted by atomic mass is 9.89. The van der Waals surface area contributed by atoms with Crippen molar-refractivity contribution in [3.05, 3.63) is 0 Å². The van der Waals surface area contributed by atoms with Crippen LogP contribution in [0.3, 0.4) is 0 Å². The molecular weight excluding hydrogens is 442 g/mol. The molecule has 0 radical (unpaired) electrons. The number of hydrogen-bond donors (Lipinski definition) is 7. The van der Waals surface area contributed by atoms with Crippen LogP contribution < -0.4 is 38.1 Å². The Morgan fingerprint density at radius 2 is 1.31 bits per heavy atom. The smallest absolute Gasteiger partial charge is 0.220 e. The Kier molecular flexibility index (Phi) is 17.2. The molecule has 0 bridgehead atoms. The Balaban J connectivity index is 4.09. The third-order valence-corrected chi connectivity index (χ3v) is 5.69. The van der Waals surface area contributed by atoms with Crippen molar-refractivity contribution in [1.82, 2.24) is 26.6 Å². The number of hydrogen-bond acceptors (Lipinski definition) is 8. The monoisotopic (exact) mass is 501 g/mol. The molecule has 0 saturated heterocycles. The maximum absolute atomic E-state index is 12.3. The second kappa shape index (κ2) is 17.6. The van der Waals surface area contributed by atoms with Gasteiger partial charge >= 0.3 is 0 Å². The van der Waals surface area contributed by atoms with Gasteiger partial charge in [-0.2, -0.15) is 0 Å². The largest absolute Gasteiger partial charge is 0.373 e. The van der Waals surface area contributed by atoms with E-state index in [9.17, 15) is 4.79 Å². The van der Waals surface area contributed by atoms with E-state index in [1.807, 2.05) is 6.92 Å². The molecule has 9 heteroatoms. The lowest BCUT2D eigenvalue weighted by molar-refractivity contribution is -0.121. The summed E-state index contributed by atoms with van der Waals surface area (Å²) in [7, 11) is 0. The van der Waals surface area contributed by atoms with Crippen molar-refractivity contribution >= 4 is 5.91 Å². The maximum atomic E-state index is 12.3. The zero-order valence-electron chi connectivity index (χ0n) is 24.1. The summed E-state index contributed by atoms with van der Waals surface area (Å²) in [5.74, 6) is 0.0953. The van der Waals surface area contributed by atoms with Crippen molar-refractivity contribution in [2.24, 2.45) is 11.5 Å². The van der Waals surface area contributed by atoms with Crippen LogP contribution in [0.25, 0.3) is 0 Å².